The molecule has 0 heterocycles. The van der Waals surface area contributed by atoms with E-state index in [9.17, 15) is 9.59 Å². The second-order valence-corrected chi connectivity index (χ2v) is 9.12. The van der Waals surface area contributed by atoms with Crippen LogP contribution in [0, 0.1) is 5.41 Å². The molecule has 1 aliphatic carbocycles. The van der Waals surface area contributed by atoms with Crippen LogP contribution >= 0.6 is 0 Å². The third kappa shape index (κ3) is 5.81. The van der Waals surface area contributed by atoms with E-state index in [0.29, 0.717) is 18.3 Å². The van der Waals surface area contributed by atoms with E-state index in [1.807, 2.05) is 45.0 Å². The minimum atomic E-state index is -0.539. The Bertz CT molecular complexity index is 977. The van der Waals surface area contributed by atoms with Crippen LogP contribution in [0.2, 0.25) is 0 Å². The van der Waals surface area contributed by atoms with E-state index >= 15 is 0 Å². The lowest BCUT2D eigenvalue weighted by Crippen LogP contribution is -2.25. The number of rotatable bonds is 7. The fourth-order valence-corrected chi connectivity index (χ4v) is 3.87. The number of carbonyl (C=O) groups excluding carboxylic acids is 2. The van der Waals surface area contributed by atoms with Gasteiger partial charge in [-0.25, -0.2) is 0 Å². The van der Waals surface area contributed by atoms with E-state index in [2.05, 4.69) is 17.4 Å². The number of nitrogens with one attached hydrogen (secondary N) is 1. The van der Waals surface area contributed by atoms with E-state index in [1.54, 1.807) is 14.0 Å². The number of benzene rings is 2. The number of carbonyl (C=O) groups is 2. The maximum Gasteiger partial charge on any atom is 0.325 e. The molecule has 32 heavy (non-hydrogen) atoms. The van der Waals surface area contributed by atoms with Gasteiger partial charge in [0.15, 0.2) is 0 Å². The number of hydrogen-bond donors (Lipinski definition) is 1. The highest BCUT2D eigenvalue weighted by Crippen LogP contribution is 2.38. The molecule has 0 spiro atoms. The average molecular weight is 440 g/mol. The van der Waals surface area contributed by atoms with Crippen LogP contribution in [0.4, 0.5) is 5.69 Å². The summed E-state index contributed by atoms with van der Waals surface area (Å²) >= 11 is 0. The van der Waals surface area contributed by atoms with Crippen LogP contribution in [0.3, 0.4) is 0 Å². The van der Waals surface area contributed by atoms with E-state index in [-0.39, 0.29) is 18.5 Å². The Kier molecular flexibility index (Phi) is 7.44. The van der Waals surface area contributed by atoms with Gasteiger partial charge in [0, 0.05) is 11.8 Å². The standard InChI is InChI=1S/C26H33NO5/c1-6-31-24(28)16-27-23-15-20(30-5)11-12-22(23)19-8-7-18-14-21(10-9-17(18)13-19)32-25(29)26(2,3)4/h9-12,14-15,19,27H,6-8,13,16H2,1-5H3. The van der Waals surface area contributed by atoms with Crippen LogP contribution in [0.15, 0.2) is 36.4 Å². The second kappa shape index (κ2) is 10.1. The van der Waals surface area contributed by atoms with Crippen molar-refractivity contribution in [2.24, 2.45) is 5.41 Å². The lowest BCUT2D eigenvalue weighted by Gasteiger charge is -2.27. The van der Waals surface area contributed by atoms with Gasteiger partial charge < -0.3 is 19.5 Å². The van der Waals surface area contributed by atoms with E-state index in [1.165, 1.54) is 11.1 Å². The molecule has 0 saturated carbocycles. The molecular formula is C26H33NO5. The summed E-state index contributed by atoms with van der Waals surface area (Å²) in [5, 5.41) is 3.23. The average Bonchev–Trinajstić information content (AvgIpc) is 2.76. The molecule has 1 atom stereocenters. The summed E-state index contributed by atoms with van der Waals surface area (Å²) in [5.41, 5.74) is 3.98. The van der Waals surface area contributed by atoms with Crippen molar-refractivity contribution >= 4 is 17.6 Å². The number of aryl methyl sites for hydroxylation is 1. The van der Waals surface area contributed by atoms with Gasteiger partial charge in [-0.2, -0.15) is 0 Å². The van der Waals surface area contributed by atoms with E-state index < -0.39 is 5.41 Å². The first kappa shape index (κ1) is 23.6. The summed E-state index contributed by atoms with van der Waals surface area (Å²) < 4.78 is 16.0. The van der Waals surface area contributed by atoms with Crippen molar-refractivity contribution in [1.29, 1.82) is 0 Å². The summed E-state index contributed by atoms with van der Waals surface area (Å²) in [6.45, 7) is 7.81. The first-order valence-corrected chi connectivity index (χ1v) is 11.1. The van der Waals surface area contributed by atoms with Crippen molar-refractivity contribution in [3.63, 3.8) is 0 Å². The molecule has 0 bridgehead atoms. The molecule has 3 rings (SSSR count). The van der Waals surface area contributed by atoms with Crippen LogP contribution in [-0.4, -0.2) is 32.2 Å². The highest BCUT2D eigenvalue weighted by molar-refractivity contribution is 5.78. The number of methoxy groups -OCH3 is 1. The molecule has 1 N–H and O–H groups in total. The highest BCUT2D eigenvalue weighted by Gasteiger charge is 2.26. The maximum absolute atomic E-state index is 12.2. The van der Waals surface area contributed by atoms with Crippen molar-refractivity contribution in [3.8, 4) is 11.5 Å². The van der Waals surface area contributed by atoms with E-state index in [4.69, 9.17) is 14.2 Å². The highest BCUT2D eigenvalue weighted by atomic mass is 16.5. The Morgan fingerprint density at radius 3 is 2.50 bits per heavy atom. The smallest absolute Gasteiger partial charge is 0.325 e. The minimum Gasteiger partial charge on any atom is -0.497 e. The van der Waals surface area contributed by atoms with Gasteiger partial charge in [-0.15, -0.1) is 0 Å². The van der Waals surface area contributed by atoms with Gasteiger partial charge in [-0.1, -0.05) is 12.1 Å². The number of ether oxygens (including phenoxy) is 3. The molecule has 2 aromatic rings. The number of esters is 2. The van der Waals surface area contributed by atoms with Crippen molar-refractivity contribution in [3.05, 3.63) is 53.1 Å². The second-order valence-electron chi connectivity index (χ2n) is 9.12. The topological polar surface area (TPSA) is 73.9 Å². The molecule has 0 amide bonds. The fourth-order valence-electron chi connectivity index (χ4n) is 3.87. The summed E-state index contributed by atoms with van der Waals surface area (Å²) in [6, 6.07) is 11.9. The first-order chi connectivity index (χ1) is 15.2. The minimum absolute atomic E-state index is 0.111. The largest absolute Gasteiger partial charge is 0.497 e. The zero-order valence-corrected chi connectivity index (χ0v) is 19.6. The SMILES string of the molecule is CCOC(=O)CNc1cc(OC)ccc1C1CCc2cc(OC(=O)C(C)(C)C)ccc2C1. The Labute approximate surface area is 190 Å². The molecular weight excluding hydrogens is 406 g/mol. The Balaban J connectivity index is 1.77. The third-order valence-corrected chi connectivity index (χ3v) is 5.66. The first-order valence-electron chi connectivity index (χ1n) is 11.1. The van der Waals surface area contributed by atoms with Gasteiger partial charge in [-0.3, -0.25) is 9.59 Å². The van der Waals surface area contributed by atoms with Crippen LogP contribution in [0.5, 0.6) is 11.5 Å². The van der Waals surface area contributed by atoms with Gasteiger partial charge in [0.1, 0.15) is 18.0 Å². The predicted octanol–water partition coefficient (Wildman–Crippen LogP) is 4.89. The van der Waals surface area contributed by atoms with Crippen molar-refractivity contribution in [2.75, 3.05) is 25.6 Å². The summed E-state index contributed by atoms with van der Waals surface area (Å²) in [6.07, 6.45) is 2.73. The molecule has 6 nitrogen and oxygen atoms in total. The molecule has 1 unspecified atom stereocenters. The zero-order chi connectivity index (χ0) is 23.3. The molecule has 0 aromatic heterocycles. The number of fused-ring (bicyclic) bond motifs is 1. The van der Waals surface area contributed by atoms with Crippen LogP contribution in [-0.2, 0) is 27.2 Å². The van der Waals surface area contributed by atoms with Crippen LogP contribution in [0.1, 0.15) is 56.7 Å². The molecule has 0 saturated heterocycles. The normalized spacial score (nSPS) is 15.5. The van der Waals surface area contributed by atoms with Crippen molar-refractivity contribution in [1.82, 2.24) is 0 Å². The van der Waals surface area contributed by atoms with Crippen LogP contribution < -0.4 is 14.8 Å². The monoisotopic (exact) mass is 439 g/mol. The molecule has 0 radical (unpaired) electrons. The lowest BCUT2D eigenvalue weighted by molar-refractivity contribution is -0.143. The van der Waals surface area contributed by atoms with Crippen molar-refractivity contribution < 1.29 is 23.8 Å². The van der Waals surface area contributed by atoms with Crippen LogP contribution in [0.25, 0.3) is 0 Å². The van der Waals surface area contributed by atoms with E-state index in [0.717, 1.165) is 36.3 Å². The van der Waals surface area contributed by atoms with Gasteiger partial charge in [-0.05, 0) is 87.8 Å². The van der Waals surface area contributed by atoms with Gasteiger partial charge in [0.25, 0.3) is 0 Å². The third-order valence-electron chi connectivity index (χ3n) is 5.66. The summed E-state index contributed by atoms with van der Waals surface area (Å²) in [7, 11) is 1.63. The molecule has 6 heteroatoms. The summed E-state index contributed by atoms with van der Waals surface area (Å²) in [4.78, 5) is 24.0. The lowest BCUT2D eigenvalue weighted by atomic mass is 9.79. The fraction of sp³-hybridized carbons (Fsp3) is 0.462. The Morgan fingerprint density at radius 1 is 1.06 bits per heavy atom. The molecule has 0 aliphatic heterocycles. The Hall–Kier alpha value is -3.02. The van der Waals surface area contributed by atoms with Gasteiger partial charge in [0.2, 0.25) is 0 Å². The zero-order valence-electron chi connectivity index (χ0n) is 19.6. The summed E-state index contributed by atoms with van der Waals surface area (Å²) in [5.74, 6) is 1.13. The molecule has 1 aliphatic rings. The number of hydrogen-bond acceptors (Lipinski definition) is 6. The predicted molar refractivity (Wildman–Crippen MR) is 124 cm³/mol. The van der Waals surface area contributed by atoms with Gasteiger partial charge in [0.05, 0.1) is 19.1 Å². The van der Waals surface area contributed by atoms with Gasteiger partial charge >= 0.3 is 11.9 Å². The Morgan fingerprint density at radius 2 is 1.81 bits per heavy atom. The maximum atomic E-state index is 12.2. The van der Waals surface area contributed by atoms with Crippen molar-refractivity contribution in [2.45, 2.75) is 52.9 Å². The molecule has 0 fully saturated rings. The number of anilines is 1. The molecule has 172 valence electrons. The molecule has 2 aromatic carbocycles. The quantitative estimate of drug-likeness (QED) is 0.489.